The van der Waals surface area contributed by atoms with Crippen molar-refractivity contribution in [2.24, 2.45) is 0 Å². The van der Waals surface area contributed by atoms with Crippen molar-refractivity contribution in [2.45, 2.75) is 6.61 Å². The Bertz CT molecular complexity index is 771. The van der Waals surface area contributed by atoms with Gasteiger partial charge in [0, 0.05) is 0 Å². The quantitative estimate of drug-likeness (QED) is 0.711. The minimum atomic E-state index is -0.815. The van der Waals surface area contributed by atoms with Crippen LogP contribution in [0.2, 0.25) is 10.0 Å². The van der Waals surface area contributed by atoms with Gasteiger partial charge in [-0.25, -0.2) is 8.78 Å². The second kappa shape index (κ2) is 6.28. The van der Waals surface area contributed by atoms with E-state index >= 15 is 0 Å². The van der Waals surface area contributed by atoms with Crippen LogP contribution in [0, 0.1) is 11.6 Å². The molecule has 23 heavy (non-hydrogen) atoms. The number of nitrogens with zero attached hydrogens (tertiary/aromatic N) is 1. The van der Waals surface area contributed by atoms with Crippen molar-refractivity contribution in [1.82, 2.24) is 5.16 Å². The summed E-state index contributed by atoms with van der Waals surface area (Å²) >= 11 is 12.2. The van der Waals surface area contributed by atoms with Crippen molar-refractivity contribution < 1.29 is 18.4 Å². The van der Waals surface area contributed by atoms with E-state index in [0.717, 1.165) is 12.1 Å². The molecule has 1 heterocycles. The van der Waals surface area contributed by atoms with E-state index in [2.05, 4.69) is 5.16 Å². The molecule has 0 saturated carbocycles. The number of aliphatic hydroxyl groups is 1. The van der Waals surface area contributed by atoms with Gasteiger partial charge in [0.15, 0.2) is 5.76 Å². The van der Waals surface area contributed by atoms with Gasteiger partial charge < -0.3 is 9.63 Å². The smallest absolute Gasteiger partial charge is 0.176 e. The average Bonchev–Trinajstić information content (AvgIpc) is 2.90. The number of aliphatic hydroxyl groups excluding tert-OH is 1. The average molecular weight is 356 g/mol. The van der Waals surface area contributed by atoms with Gasteiger partial charge in [-0.2, -0.15) is 0 Å². The van der Waals surface area contributed by atoms with Crippen LogP contribution in [0.5, 0.6) is 0 Å². The molecule has 1 aromatic heterocycles. The monoisotopic (exact) mass is 355 g/mol. The third-order valence-corrected chi connectivity index (χ3v) is 3.97. The summed E-state index contributed by atoms with van der Waals surface area (Å²) in [5.41, 5.74) is -0.108. The third-order valence-electron chi connectivity index (χ3n) is 3.34. The van der Waals surface area contributed by atoms with Crippen molar-refractivity contribution in [3.05, 3.63) is 63.6 Å². The number of aromatic nitrogens is 1. The lowest BCUT2D eigenvalue weighted by Crippen LogP contribution is -1.95. The van der Waals surface area contributed by atoms with Gasteiger partial charge in [0.25, 0.3) is 0 Å². The van der Waals surface area contributed by atoms with E-state index in [4.69, 9.17) is 27.7 Å². The van der Waals surface area contributed by atoms with E-state index < -0.39 is 18.2 Å². The largest absolute Gasteiger partial charge is 0.391 e. The molecule has 0 amide bonds. The Morgan fingerprint density at radius 3 is 2.09 bits per heavy atom. The Kier molecular flexibility index (Phi) is 4.35. The van der Waals surface area contributed by atoms with Crippen molar-refractivity contribution in [3.63, 3.8) is 0 Å². The standard InChI is InChI=1S/C16H9Cl2F2NO2/c17-9-3-1-4-10(18)13(9)16-8(7-22)15(21-23-16)14-11(19)5-2-6-12(14)20/h1-6,22H,7H2. The first-order valence-electron chi connectivity index (χ1n) is 6.52. The van der Waals surface area contributed by atoms with E-state index in [0.29, 0.717) is 5.56 Å². The van der Waals surface area contributed by atoms with Crippen LogP contribution in [0.15, 0.2) is 40.9 Å². The molecule has 0 saturated heterocycles. The van der Waals surface area contributed by atoms with Gasteiger partial charge in [0.05, 0.1) is 33.3 Å². The molecule has 0 aliphatic heterocycles. The summed E-state index contributed by atoms with van der Waals surface area (Å²) in [6, 6.07) is 8.22. The molecule has 0 atom stereocenters. The Labute approximate surface area is 140 Å². The van der Waals surface area contributed by atoms with Crippen LogP contribution < -0.4 is 0 Å². The van der Waals surface area contributed by atoms with Crippen LogP contribution >= 0.6 is 23.2 Å². The number of benzene rings is 2. The Morgan fingerprint density at radius 2 is 1.52 bits per heavy atom. The summed E-state index contributed by atoms with van der Waals surface area (Å²) in [7, 11) is 0. The molecular weight excluding hydrogens is 347 g/mol. The highest BCUT2D eigenvalue weighted by molar-refractivity contribution is 6.39. The Hall–Kier alpha value is -1.95. The van der Waals surface area contributed by atoms with E-state index in [1.807, 2.05) is 0 Å². The van der Waals surface area contributed by atoms with Crippen molar-refractivity contribution in [1.29, 1.82) is 0 Å². The van der Waals surface area contributed by atoms with Crippen molar-refractivity contribution >= 4 is 23.2 Å². The SMILES string of the molecule is OCc1c(-c2c(F)cccc2F)noc1-c1c(Cl)cccc1Cl. The topological polar surface area (TPSA) is 46.3 Å². The molecule has 0 aliphatic rings. The van der Waals surface area contributed by atoms with Crippen LogP contribution in [-0.2, 0) is 6.61 Å². The fourth-order valence-electron chi connectivity index (χ4n) is 2.29. The summed E-state index contributed by atoms with van der Waals surface area (Å²) in [5, 5.41) is 13.9. The van der Waals surface area contributed by atoms with Crippen LogP contribution in [0.4, 0.5) is 8.78 Å². The maximum Gasteiger partial charge on any atom is 0.176 e. The molecule has 0 spiro atoms. The molecule has 1 N–H and O–H groups in total. The Morgan fingerprint density at radius 1 is 0.957 bits per heavy atom. The molecule has 0 radical (unpaired) electrons. The second-order valence-corrected chi connectivity index (χ2v) is 5.50. The van der Waals surface area contributed by atoms with Gasteiger partial charge in [-0.3, -0.25) is 0 Å². The van der Waals surface area contributed by atoms with Gasteiger partial charge in [-0.05, 0) is 24.3 Å². The van der Waals surface area contributed by atoms with Crippen molar-refractivity contribution in [3.8, 4) is 22.6 Å². The molecule has 3 nitrogen and oxygen atoms in total. The number of hydrogen-bond donors (Lipinski definition) is 1. The molecule has 0 unspecified atom stereocenters. The first-order chi connectivity index (χ1) is 11.0. The number of rotatable bonds is 3. The fourth-order valence-corrected chi connectivity index (χ4v) is 2.86. The highest BCUT2D eigenvalue weighted by Gasteiger charge is 2.25. The zero-order valence-electron chi connectivity index (χ0n) is 11.5. The lowest BCUT2D eigenvalue weighted by atomic mass is 10.0. The molecule has 3 aromatic rings. The van der Waals surface area contributed by atoms with E-state index in [-0.39, 0.29) is 32.6 Å². The molecule has 2 aromatic carbocycles. The van der Waals surface area contributed by atoms with Gasteiger partial charge in [-0.1, -0.05) is 40.5 Å². The molecule has 0 aliphatic carbocycles. The van der Waals surface area contributed by atoms with Gasteiger partial charge in [0.2, 0.25) is 0 Å². The molecule has 118 valence electrons. The minimum absolute atomic E-state index is 0.0701. The van der Waals surface area contributed by atoms with E-state index in [1.54, 1.807) is 18.2 Å². The molecular formula is C16H9Cl2F2NO2. The Balaban J connectivity index is 2.27. The predicted molar refractivity (Wildman–Crippen MR) is 83.2 cm³/mol. The number of halogens is 4. The van der Waals surface area contributed by atoms with Gasteiger partial charge >= 0.3 is 0 Å². The summed E-state index contributed by atoms with van der Waals surface area (Å²) in [4.78, 5) is 0. The summed E-state index contributed by atoms with van der Waals surface area (Å²) in [6.45, 7) is -0.552. The van der Waals surface area contributed by atoms with Crippen LogP contribution in [0.25, 0.3) is 22.6 Å². The van der Waals surface area contributed by atoms with E-state index in [9.17, 15) is 13.9 Å². The normalized spacial score (nSPS) is 11.0. The van der Waals surface area contributed by atoms with Gasteiger partial charge in [-0.15, -0.1) is 0 Å². The first-order valence-corrected chi connectivity index (χ1v) is 7.28. The maximum atomic E-state index is 14.0. The highest BCUT2D eigenvalue weighted by Crippen LogP contribution is 2.40. The lowest BCUT2D eigenvalue weighted by molar-refractivity contribution is 0.281. The summed E-state index contributed by atoms with van der Waals surface area (Å²) in [6.07, 6.45) is 0. The third kappa shape index (κ3) is 2.72. The summed E-state index contributed by atoms with van der Waals surface area (Å²) < 4.78 is 33.1. The highest BCUT2D eigenvalue weighted by atomic mass is 35.5. The zero-order chi connectivity index (χ0) is 16.6. The van der Waals surface area contributed by atoms with Crippen LogP contribution in [-0.4, -0.2) is 10.3 Å². The second-order valence-electron chi connectivity index (χ2n) is 4.69. The number of hydrogen-bond acceptors (Lipinski definition) is 3. The van der Waals surface area contributed by atoms with Crippen LogP contribution in [0.3, 0.4) is 0 Å². The zero-order valence-corrected chi connectivity index (χ0v) is 13.0. The van der Waals surface area contributed by atoms with Crippen LogP contribution in [0.1, 0.15) is 5.56 Å². The lowest BCUT2D eigenvalue weighted by Gasteiger charge is -2.06. The van der Waals surface area contributed by atoms with Crippen molar-refractivity contribution in [2.75, 3.05) is 0 Å². The minimum Gasteiger partial charge on any atom is -0.391 e. The van der Waals surface area contributed by atoms with E-state index in [1.165, 1.54) is 6.07 Å². The predicted octanol–water partition coefficient (Wildman–Crippen LogP) is 5.09. The molecule has 0 bridgehead atoms. The molecule has 0 fully saturated rings. The molecule has 3 rings (SSSR count). The first kappa shape index (κ1) is 15.9. The van der Waals surface area contributed by atoms with Gasteiger partial charge in [0.1, 0.15) is 17.3 Å². The maximum absolute atomic E-state index is 14.0. The fraction of sp³-hybridized carbons (Fsp3) is 0.0625. The molecule has 7 heteroatoms. The summed E-state index contributed by atoms with van der Waals surface area (Å²) in [5.74, 6) is -1.56.